The maximum atomic E-state index is 11.6. The molecule has 0 aromatic carbocycles. The molecule has 96 valence electrons. The van der Waals surface area contributed by atoms with Gasteiger partial charge in [0.05, 0.1) is 6.04 Å². The number of amides is 1. The molecule has 0 saturated carbocycles. The summed E-state index contributed by atoms with van der Waals surface area (Å²) in [5.74, 6) is -1.44. The molecule has 2 atom stereocenters. The molecule has 0 aromatic heterocycles. The molecule has 1 aliphatic rings. The Kier molecular flexibility index (Phi) is 5.23. The molecule has 1 aliphatic heterocycles. The molecule has 1 fully saturated rings. The van der Waals surface area contributed by atoms with Crippen molar-refractivity contribution in [2.75, 3.05) is 11.6 Å². The first-order chi connectivity index (χ1) is 8.00. The van der Waals surface area contributed by atoms with Crippen molar-refractivity contribution < 1.29 is 24.6 Å². The van der Waals surface area contributed by atoms with Gasteiger partial charge in [0, 0.05) is 18.1 Å². The Hall–Kier alpha value is -1.28. The van der Waals surface area contributed by atoms with Crippen molar-refractivity contribution in [1.29, 1.82) is 0 Å². The number of carboxylic acid groups (broad SMARTS) is 2. The Morgan fingerprint density at radius 2 is 2.12 bits per heavy atom. The molecular formula is C9H14N2O5S. The second-order valence-electron chi connectivity index (χ2n) is 3.60. The molecule has 0 spiro atoms. The van der Waals surface area contributed by atoms with Crippen molar-refractivity contribution in [2.24, 2.45) is 0 Å². The molecule has 1 heterocycles. The van der Waals surface area contributed by atoms with Gasteiger partial charge in [0.1, 0.15) is 6.04 Å². The van der Waals surface area contributed by atoms with Gasteiger partial charge in [-0.3, -0.25) is 14.9 Å². The predicted molar refractivity (Wildman–Crippen MR) is 60.7 cm³/mol. The molecule has 8 heteroatoms. The van der Waals surface area contributed by atoms with Crippen molar-refractivity contribution in [3.05, 3.63) is 0 Å². The second kappa shape index (κ2) is 6.45. The van der Waals surface area contributed by atoms with Crippen molar-refractivity contribution >= 4 is 29.6 Å². The molecule has 0 aromatic rings. The lowest BCUT2D eigenvalue weighted by atomic mass is 10.1. The lowest BCUT2D eigenvalue weighted by Gasteiger charge is -2.16. The van der Waals surface area contributed by atoms with Gasteiger partial charge in [0.15, 0.2) is 0 Å². The largest absolute Gasteiger partial charge is 0.481 e. The van der Waals surface area contributed by atoms with Crippen molar-refractivity contribution in [2.45, 2.75) is 24.9 Å². The first kappa shape index (κ1) is 13.8. The smallest absolute Gasteiger partial charge is 0.326 e. The average molecular weight is 262 g/mol. The summed E-state index contributed by atoms with van der Waals surface area (Å²) in [6, 6.07) is -1.54. The summed E-state index contributed by atoms with van der Waals surface area (Å²) in [6.07, 6.45) is -0.402. The van der Waals surface area contributed by atoms with E-state index in [1.54, 1.807) is 11.8 Å². The third-order valence-corrected chi connectivity index (χ3v) is 3.23. The maximum Gasteiger partial charge on any atom is 0.326 e. The number of rotatable bonds is 6. The van der Waals surface area contributed by atoms with E-state index in [0.717, 1.165) is 0 Å². The van der Waals surface area contributed by atoms with Crippen LogP contribution in [0.15, 0.2) is 0 Å². The van der Waals surface area contributed by atoms with E-state index < -0.39 is 29.9 Å². The molecule has 7 nitrogen and oxygen atoms in total. The number of hydrogen-bond acceptors (Lipinski definition) is 5. The lowest BCUT2D eigenvalue weighted by molar-refractivity contribution is -0.143. The molecule has 4 N–H and O–H groups in total. The van der Waals surface area contributed by atoms with E-state index in [1.165, 1.54) is 0 Å². The van der Waals surface area contributed by atoms with Gasteiger partial charge in [-0.05, 0) is 6.42 Å². The molecule has 0 aliphatic carbocycles. The highest BCUT2D eigenvalue weighted by atomic mass is 32.2. The van der Waals surface area contributed by atoms with Crippen LogP contribution in [-0.4, -0.2) is 51.8 Å². The first-order valence-corrected chi connectivity index (χ1v) is 6.22. The van der Waals surface area contributed by atoms with Crippen LogP contribution in [0.25, 0.3) is 0 Å². The van der Waals surface area contributed by atoms with E-state index in [0.29, 0.717) is 11.6 Å². The predicted octanol–water partition coefficient (Wildman–Crippen LogP) is -0.917. The maximum absolute atomic E-state index is 11.6. The summed E-state index contributed by atoms with van der Waals surface area (Å²) in [4.78, 5) is 32.8. The third-order valence-electron chi connectivity index (χ3n) is 2.29. The monoisotopic (exact) mass is 262 g/mol. The molecule has 0 bridgehead atoms. The van der Waals surface area contributed by atoms with Gasteiger partial charge in [-0.25, -0.2) is 4.79 Å². The Balaban J connectivity index is 2.44. The van der Waals surface area contributed by atoms with Crippen LogP contribution >= 0.6 is 11.8 Å². The fourth-order valence-electron chi connectivity index (χ4n) is 1.36. The minimum atomic E-state index is -1.22. The van der Waals surface area contributed by atoms with Crippen LogP contribution in [-0.2, 0) is 14.4 Å². The quantitative estimate of drug-likeness (QED) is 0.489. The van der Waals surface area contributed by atoms with E-state index in [4.69, 9.17) is 10.2 Å². The minimum Gasteiger partial charge on any atom is -0.481 e. The number of carbonyl (C=O) groups excluding carboxylic acids is 1. The molecule has 2 unspecified atom stereocenters. The molecule has 1 amide bonds. The van der Waals surface area contributed by atoms with Gasteiger partial charge in [0.25, 0.3) is 0 Å². The highest BCUT2D eigenvalue weighted by Gasteiger charge is 2.27. The van der Waals surface area contributed by atoms with Crippen LogP contribution in [0.4, 0.5) is 0 Å². The summed E-state index contributed by atoms with van der Waals surface area (Å²) in [7, 11) is 0. The Morgan fingerprint density at radius 3 is 2.59 bits per heavy atom. The van der Waals surface area contributed by atoms with E-state index >= 15 is 0 Å². The third kappa shape index (κ3) is 4.61. The number of aliphatic carboxylic acids is 2. The van der Waals surface area contributed by atoms with Crippen LogP contribution in [0, 0.1) is 0 Å². The zero-order valence-corrected chi connectivity index (χ0v) is 9.83. The van der Waals surface area contributed by atoms with Crippen LogP contribution < -0.4 is 10.6 Å². The number of thioether (sulfide) groups is 1. The van der Waals surface area contributed by atoms with Crippen LogP contribution in [0.2, 0.25) is 0 Å². The highest BCUT2D eigenvalue weighted by Crippen LogP contribution is 2.10. The Labute approximate surface area is 102 Å². The zero-order chi connectivity index (χ0) is 12.8. The molecule has 0 radical (unpaired) electrons. The highest BCUT2D eigenvalue weighted by molar-refractivity contribution is 7.99. The average Bonchev–Trinajstić information content (AvgIpc) is 2.76. The van der Waals surface area contributed by atoms with Crippen LogP contribution in [0.1, 0.15) is 12.8 Å². The number of carboxylic acids is 2. The van der Waals surface area contributed by atoms with E-state index in [-0.39, 0.29) is 12.8 Å². The van der Waals surface area contributed by atoms with Crippen molar-refractivity contribution in [1.82, 2.24) is 10.6 Å². The summed E-state index contributed by atoms with van der Waals surface area (Å²) in [5.41, 5.74) is 0. The van der Waals surface area contributed by atoms with Crippen LogP contribution in [0.5, 0.6) is 0 Å². The Bertz CT molecular complexity index is 317. The van der Waals surface area contributed by atoms with Crippen molar-refractivity contribution in [3.63, 3.8) is 0 Å². The van der Waals surface area contributed by atoms with E-state index in [9.17, 15) is 14.4 Å². The summed E-state index contributed by atoms with van der Waals surface area (Å²) >= 11 is 1.55. The first-order valence-electron chi connectivity index (χ1n) is 5.07. The summed E-state index contributed by atoms with van der Waals surface area (Å²) in [5, 5.41) is 22.6. The minimum absolute atomic E-state index is 0.115. The van der Waals surface area contributed by atoms with E-state index in [1.807, 2.05) is 0 Å². The summed E-state index contributed by atoms with van der Waals surface area (Å²) in [6.45, 7) is 0. The fourth-order valence-corrected chi connectivity index (χ4v) is 2.30. The van der Waals surface area contributed by atoms with Crippen molar-refractivity contribution in [3.8, 4) is 0 Å². The van der Waals surface area contributed by atoms with Crippen LogP contribution in [0.3, 0.4) is 0 Å². The standard InChI is InChI=1S/C9H14N2O5S/c12-7(13)2-1-5(9(15)16)11-8(14)6-3-17-4-10-6/h5-6,10H,1-4H2,(H,11,14)(H,12,13)(H,15,16). The number of nitrogens with one attached hydrogen (secondary N) is 2. The fraction of sp³-hybridized carbons (Fsp3) is 0.667. The van der Waals surface area contributed by atoms with Gasteiger partial charge in [-0.1, -0.05) is 0 Å². The second-order valence-corrected chi connectivity index (χ2v) is 4.63. The van der Waals surface area contributed by atoms with Gasteiger partial charge in [0.2, 0.25) is 5.91 Å². The van der Waals surface area contributed by atoms with Gasteiger partial charge < -0.3 is 15.5 Å². The van der Waals surface area contributed by atoms with Gasteiger partial charge >= 0.3 is 11.9 Å². The molecule has 17 heavy (non-hydrogen) atoms. The topological polar surface area (TPSA) is 116 Å². The van der Waals surface area contributed by atoms with Gasteiger partial charge in [-0.2, -0.15) is 0 Å². The molecule has 1 rings (SSSR count). The van der Waals surface area contributed by atoms with E-state index in [2.05, 4.69) is 10.6 Å². The number of carbonyl (C=O) groups is 3. The molecule has 1 saturated heterocycles. The molecular weight excluding hydrogens is 248 g/mol. The Morgan fingerprint density at radius 1 is 1.41 bits per heavy atom. The normalized spacial score (nSPS) is 20.8. The zero-order valence-electron chi connectivity index (χ0n) is 9.01. The lowest BCUT2D eigenvalue weighted by Crippen LogP contribution is -2.49. The van der Waals surface area contributed by atoms with Gasteiger partial charge in [-0.15, -0.1) is 11.8 Å². The number of hydrogen-bond donors (Lipinski definition) is 4. The SMILES string of the molecule is O=C(O)CCC(NC(=O)C1CSCN1)C(=O)O. The summed E-state index contributed by atoms with van der Waals surface area (Å²) < 4.78 is 0.